The fraction of sp³-hybridized carbons (Fsp3) is 0.500. The van der Waals surface area contributed by atoms with Crippen LogP contribution in [-0.2, 0) is 31.9 Å². The van der Waals surface area contributed by atoms with Crippen molar-refractivity contribution in [1.82, 2.24) is 24.2 Å². The third-order valence-electron chi connectivity index (χ3n) is 4.27. The van der Waals surface area contributed by atoms with Crippen molar-refractivity contribution >= 4 is 62.2 Å². The van der Waals surface area contributed by atoms with Crippen LogP contribution in [0.3, 0.4) is 0 Å². The van der Waals surface area contributed by atoms with E-state index in [1.54, 1.807) is 4.72 Å². The molecule has 0 bridgehead atoms. The lowest BCUT2D eigenvalue weighted by molar-refractivity contribution is -0.134. The van der Waals surface area contributed by atoms with Crippen LogP contribution in [0.1, 0.15) is 19.1 Å². The number of ether oxygens (including phenoxy) is 1. The lowest BCUT2D eigenvalue weighted by Gasteiger charge is -2.17. The molecule has 0 radical (unpaired) electrons. The van der Waals surface area contributed by atoms with Crippen molar-refractivity contribution in [2.45, 2.75) is 37.3 Å². The molecule has 2 aromatic heterocycles. The van der Waals surface area contributed by atoms with Gasteiger partial charge in [-0.1, -0.05) is 0 Å². The molecule has 1 aliphatic heterocycles. The van der Waals surface area contributed by atoms with Gasteiger partial charge in [-0.05, 0) is 0 Å². The summed E-state index contributed by atoms with van der Waals surface area (Å²) < 4.78 is 41.7. The summed E-state index contributed by atoms with van der Waals surface area (Å²) in [4.78, 5) is 34.9. The van der Waals surface area contributed by atoms with Crippen LogP contribution in [0.15, 0.2) is 12.7 Å². The maximum Gasteiger partial charge on any atom is 0.362 e. The third kappa shape index (κ3) is 5.54. The molecule has 6 N–H and O–H groups in total. The van der Waals surface area contributed by atoms with Gasteiger partial charge in [0.25, 0.3) is 5.91 Å². The number of amides is 1. The number of nitrogen functional groups attached to an aromatic ring is 1. The van der Waals surface area contributed by atoms with E-state index >= 15 is 0 Å². The van der Waals surface area contributed by atoms with Gasteiger partial charge < -0.3 is 24.4 Å². The number of rotatable bonds is 8. The number of aromatic nitrogens is 4. The highest BCUT2D eigenvalue weighted by molar-refractivity contribution is 14.1. The van der Waals surface area contributed by atoms with Gasteiger partial charge in [0.15, 0.2) is 40.7 Å². The van der Waals surface area contributed by atoms with E-state index in [-0.39, 0.29) is 12.2 Å². The summed E-state index contributed by atoms with van der Waals surface area (Å²) in [6.07, 6.45) is -0.647. The molecule has 1 amide bonds. The predicted molar refractivity (Wildman–Crippen MR) is 110 cm³/mol. The average molecular weight is 571 g/mol. The number of halogens is 1. The standard InChI is InChI=1S/C14H18IN7O8S/c15-30-9(24)2-7(16)13(25)21-31(26,27)28-3-6-1-8(23)14(29-6)22-5-20-10-11(17)18-4-19-12(10)22/h4-8,14,23H,1-3,16H2,(H,21,25)(H2,17,18,19)/t6-,7-,8+,14+/m0/s1. The molecule has 1 saturated heterocycles. The lowest BCUT2D eigenvalue weighted by Crippen LogP contribution is -2.45. The Morgan fingerprint density at radius 1 is 1.42 bits per heavy atom. The van der Waals surface area contributed by atoms with Gasteiger partial charge in [-0.15, -0.1) is 0 Å². The smallest absolute Gasteiger partial charge is 0.362 e. The molecule has 15 nitrogen and oxygen atoms in total. The minimum Gasteiger partial charge on any atom is -0.394 e. The number of carbonyl (C=O) groups is 2. The summed E-state index contributed by atoms with van der Waals surface area (Å²) in [5, 5.41) is 10.3. The number of hydrogen-bond donors (Lipinski definition) is 4. The highest BCUT2D eigenvalue weighted by Gasteiger charge is 2.37. The first-order valence-corrected chi connectivity index (χ1v) is 10.9. The summed E-state index contributed by atoms with van der Waals surface area (Å²) in [6, 6.07) is -1.45. The van der Waals surface area contributed by atoms with Crippen LogP contribution >= 0.6 is 23.0 Å². The number of fused-ring (bicyclic) bond motifs is 1. The summed E-state index contributed by atoms with van der Waals surface area (Å²) in [5.74, 6) is -1.78. The van der Waals surface area contributed by atoms with Crippen molar-refractivity contribution in [2.24, 2.45) is 5.73 Å². The molecule has 1 aliphatic rings. The SMILES string of the molecule is Nc1ncnc2c1ncn2[C@@H]1O[C@H](COS(=O)(=O)NC(=O)[C@@H](N)CC(=O)OI)C[C@H]1O. The van der Waals surface area contributed by atoms with Gasteiger partial charge in [0.05, 0.1) is 31.5 Å². The molecule has 0 spiro atoms. The molecule has 0 unspecified atom stereocenters. The summed E-state index contributed by atoms with van der Waals surface area (Å²) in [7, 11) is -4.54. The quantitative estimate of drug-likeness (QED) is 0.253. The second-order valence-corrected chi connectivity index (χ2v) is 8.29. The molecule has 3 rings (SSSR count). The maximum absolute atomic E-state index is 12.0. The van der Waals surface area contributed by atoms with E-state index in [0.717, 1.165) is 0 Å². The maximum atomic E-state index is 12.0. The predicted octanol–water partition coefficient (Wildman–Crippen LogP) is -1.95. The lowest BCUT2D eigenvalue weighted by atomic mass is 10.2. The van der Waals surface area contributed by atoms with Crippen LogP contribution in [-0.4, -0.2) is 69.8 Å². The monoisotopic (exact) mass is 571 g/mol. The molecule has 170 valence electrons. The van der Waals surface area contributed by atoms with Crippen LogP contribution in [0.25, 0.3) is 11.2 Å². The molecule has 3 heterocycles. The molecular weight excluding hydrogens is 553 g/mol. The van der Waals surface area contributed by atoms with Crippen LogP contribution in [0.5, 0.6) is 0 Å². The Labute approximate surface area is 189 Å². The average Bonchev–Trinajstić information content (AvgIpc) is 3.30. The van der Waals surface area contributed by atoms with E-state index in [4.69, 9.17) is 20.4 Å². The van der Waals surface area contributed by atoms with Crippen molar-refractivity contribution in [2.75, 3.05) is 12.3 Å². The Bertz CT molecular complexity index is 1080. The number of nitrogens with two attached hydrogens (primary N) is 2. The van der Waals surface area contributed by atoms with E-state index < -0.39 is 59.7 Å². The van der Waals surface area contributed by atoms with Crippen molar-refractivity contribution in [3.63, 3.8) is 0 Å². The van der Waals surface area contributed by atoms with Crippen molar-refractivity contribution < 1.29 is 35.1 Å². The molecule has 31 heavy (non-hydrogen) atoms. The third-order valence-corrected chi connectivity index (χ3v) is 5.66. The van der Waals surface area contributed by atoms with Crippen molar-refractivity contribution in [1.29, 1.82) is 0 Å². The number of anilines is 1. The van der Waals surface area contributed by atoms with Gasteiger partial charge in [-0.3, -0.25) is 18.3 Å². The molecule has 0 aliphatic carbocycles. The highest BCUT2D eigenvalue weighted by atomic mass is 127. The molecule has 1 fully saturated rings. The number of nitrogens with one attached hydrogen (secondary N) is 1. The van der Waals surface area contributed by atoms with Gasteiger partial charge in [0.1, 0.15) is 17.9 Å². The normalized spacial score (nSPS) is 22.4. The fourth-order valence-corrected chi connectivity index (χ4v) is 3.81. The minimum absolute atomic E-state index is 0.0371. The zero-order valence-electron chi connectivity index (χ0n) is 15.6. The molecule has 0 saturated carbocycles. The minimum atomic E-state index is -4.54. The summed E-state index contributed by atoms with van der Waals surface area (Å²) >= 11 is 1.31. The van der Waals surface area contributed by atoms with Crippen molar-refractivity contribution in [3.8, 4) is 0 Å². The molecule has 2 aromatic rings. The molecule has 0 aromatic carbocycles. The Hall–Kier alpha value is -2.19. The van der Waals surface area contributed by atoms with Crippen LogP contribution < -0.4 is 16.2 Å². The summed E-state index contributed by atoms with van der Waals surface area (Å²) in [5.41, 5.74) is 11.8. The number of imidazole rings is 1. The van der Waals surface area contributed by atoms with Gasteiger partial charge in [-0.2, -0.15) is 8.42 Å². The Morgan fingerprint density at radius 2 is 2.16 bits per heavy atom. The van der Waals surface area contributed by atoms with E-state index in [2.05, 4.69) is 18.0 Å². The number of carbonyl (C=O) groups excluding carboxylic acids is 2. The second-order valence-electron chi connectivity index (χ2n) is 6.50. The fourth-order valence-electron chi connectivity index (χ4n) is 2.84. The zero-order valence-corrected chi connectivity index (χ0v) is 18.6. The number of aliphatic hydroxyl groups is 1. The number of hydrogen-bond acceptors (Lipinski definition) is 13. The van der Waals surface area contributed by atoms with E-state index in [9.17, 15) is 23.1 Å². The second kappa shape index (κ2) is 9.53. The first-order chi connectivity index (χ1) is 14.6. The largest absolute Gasteiger partial charge is 0.394 e. The van der Waals surface area contributed by atoms with Gasteiger partial charge in [0.2, 0.25) is 0 Å². The van der Waals surface area contributed by atoms with Crippen LogP contribution in [0.2, 0.25) is 0 Å². The summed E-state index contributed by atoms with van der Waals surface area (Å²) in [6.45, 7) is -0.495. The van der Waals surface area contributed by atoms with E-state index in [1.165, 1.54) is 40.2 Å². The van der Waals surface area contributed by atoms with E-state index in [1.807, 2.05) is 0 Å². The van der Waals surface area contributed by atoms with Gasteiger partial charge in [0, 0.05) is 6.42 Å². The topological polar surface area (TPSA) is 224 Å². The first-order valence-electron chi connectivity index (χ1n) is 8.66. The van der Waals surface area contributed by atoms with Gasteiger partial charge in [-0.25, -0.2) is 19.7 Å². The molecular formula is C14H18IN7O8S. The molecule has 17 heteroatoms. The Kier molecular flexibility index (Phi) is 7.21. The first kappa shape index (κ1) is 23.5. The van der Waals surface area contributed by atoms with Crippen LogP contribution in [0, 0.1) is 0 Å². The number of aliphatic hydroxyl groups excluding tert-OH is 1. The zero-order chi connectivity index (χ0) is 22.8. The highest BCUT2D eigenvalue weighted by Crippen LogP contribution is 2.31. The van der Waals surface area contributed by atoms with E-state index in [0.29, 0.717) is 11.2 Å². The Balaban J connectivity index is 1.58. The Morgan fingerprint density at radius 3 is 2.87 bits per heavy atom. The van der Waals surface area contributed by atoms with Crippen molar-refractivity contribution in [3.05, 3.63) is 12.7 Å². The van der Waals surface area contributed by atoms with Crippen LogP contribution in [0.4, 0.5) is 5.82 Å². The van der Waals surface area contributed by atoms with Gasteiger partial charge >= 0.3 is 16.3 Å². The number of nitrogens with zero attached hydrogens (tertiary/aromatic N) is 4. The molecule has 4 atom stereocenters.